The molecule has 5 nitrogen and oxygen atoms in total. The van der Waals surface area contributed by atoms with Crippen LogP contribution in [0.15, 0.2) is 23.1 Å². The minimum Gasteiger partial charge on any atom is -0.395 e. The standard InChI is InChI=1S/C14H22N2O3S/c1-11-9-12(10-15)5-6-14(11)20(18,19)16(7-8-17)13-3-2-4-13/h5-6,9,13,17H,2-4,7-8,10,15H2,1H3. The second kappa shape index (κ2) is 6.22. The van der Waals surface area contributed by atoms with E-state index in [1.807, 2.05) is 6.07 Å². The van der Waals surface area contributed by atoms with E-state index in [0.717, 1.165) is 24.8 Å². The van der Waals surface area contributed by atoms with Gasteiger partial charge in [-0.05, 0) is 37.0 Å². The molecule has 1 aromatic rings. The lowest BCUT2D eigenvalue weighted by molar-refractivity contribution is 0.178. The first-order valence-electron chi connectivity index (χ1n) is 6.93. The van der Waals surface area contributed by atoms with Gasteiger partial charge in [-0.3, -0.25) is 0 Å². The van der Waals surface area contributed by atoms with Crippen molar-refractivity contribution in [2.75, 3.05) is 13.2 Å². The molecule has 112 valence electrons. The van der Waals surface area contributed by atoms with Gasteiger partial charge < -0.3 is 10.8 Å². The van der Waals surface area contributed by atoms with E-state index in [0.29, 0.717) is 17.0 Å². The molecule has 0 aliphatic heterocycles. The van der Waals surface area contributed by atoms with Gasteiger partial charge in [0.1, 0.15) is 0 Å². The molecule has 0 unspecified atom stereocenters. The van der Waals surface area contributed by atoms with Crippen LogP contribution in [0.25, 0.3) is 0 Å². The molecule has 1 aromatic carbocycles. The minimum atomic E-state index is -3.55. The quantitative estimate of drug-likeness (QED) is 0.820. The molecule has 0 spiro atoms. The molecule has 6 heteroatoms. The van der Waals surface area contributed by atoms with E-state index in [-0.39, 0.29) is 19.2 Å². The highest BCUT2D eigenvalue weighted by Crippen LogP contribution is 2.30. The maximum atomic E-state index is 12.8. The van der Waals surface area contributed by atoms with Crippen LogP contribution in [0.3, 0.4) is 0 Å². The molecule has 0 saturated heterocycles. The van der Waals surface area contributed by atoms with Gasteiger partial charge in [-0.2, -0.15) is 4.31 Å². The summed E-state index contributed by atoms with van der Waals surface area (Å²) in [4.78, 5) is 0.315. The van der Waals surface area contributed by atoms with E-state index < -0.39 is 10.0 Å². The summed E-state index contributed by atoms with van der Waals surface area (Å²) in [6.45, 7) is 2.18. The fraction of sp³-hybridized carbons (Fsp3) is 0.571. The van der Waals surface area contributed by atoms with Gasteiger partial charge in [0, 0.05) is 19.1 Å². The summed E-state index contributed by atoms with van der Waals surface area (Å²) in [7, 11) is -3.55. The monoisotopic (exact) mass is 298 g/mol. The van der Waals surface area contributed by atoms with E-state index in [4.69, 9.17) is 10.8 Å². The van der Waals surface area contributed by atoms with Crippen LogP contribution in [0.5, 0.6) is 0 Å². The van der Waals surface area contributed by atoms with Crippen molar-refractivity contribution < 1.29 is 13.5 Å². The van der Waals surface area contributed by atoms with Crippen molar-refractivity contribution in [3.05, 3.63) is 29.3 Å². The average molecular weight is 298 g/mol. The third-order valence-corrected chi connectivity index (χ3v) is 5.98. The smallest absolute Gasteiger partial charge is 0.243 e. The Morgan fingerprint density at radius 3 is 2.55 bits per heavy atom. The summed E-state index contributed by atoms with van der Waals surface area (Å²) in [5.74, 6) is 0. The summed E-state index contributed by atoms with van der Waals surface area (Å²) in [5.41, 5.74) is 7.19. The zero-order valence-electron chi connectivity index (χ0n) is 11.7. The Labute approximate surface area is 120 Å². The van der Waals surface area contributed by atoms with Crippen LogP contribution in [0.1, 0.15) is 30.4 Å². The molecule has 3 N–H and O–H groups in total. The van der Waals surface area contributed by atoms with Crippen molar-refractivity contribution in [3.8, 4) is 0 Å². The van der Waals surface area contributed by atoms with E-state index in [1.165, 1.54) is 4.31 Å². The Hall–Kier alpha value is -0.950. The summed E-state index contributed by atoms with van der Waals surface area (Å²) >= 11 is 0. The molecule has 0 aromatic heterocycles. The van der Waals surface area contributed by atoms with Crippen molar-refractivity contribution in [1.29, 1.82) is 0 Å². The number of sulfonamides is 1. The highest BCUT2D eigenvalue weighted by atomic mass is 32.2. The lowest BCUT2D eigenvalue weighted by Gasteiger charge is -2.36. The van der Waals surface area contributed by atoms with Crippen LogP contribution in [-0.4, -0.2) is 37.0 Å². The van der Waals surface area contributed by atoms with Gasteiger partial charge in [0.25, 0.3) is 0 Å². The second-order valence-corrected chi connectivity index (χ2v) is 7.09. The molecular weight excluding hydrogens is 276 g/mol. The molecular formula is C14H22N2O3S. The molecule has 0 heterocycles. The van der Waals surface area contributed by atoms with Crippen LogP contribution >= 0.6 is 0 Å². The van der Waals surface area contributed by atoms with Crippen molar-refractivity contribution in [2.45, 2.75) is 43.7 Å². The van der Waals surface area contributed by atoms with Crippen molar-refractivity contribution in [1.82, 2.24) is 4.31 Å². The van der Waals surface area contributed by atoms with E-state index in [1.54, 1.807) is 19.1 Å². The molecule has 1 saturated carbocycles. The predicted molar refractivity (Wildman–Crippen MR) is 77.7 cm³/mol. The van der Waals surface area contributed by atoms with E-state index >= 15 is 0 Å². The maximum absolute atomic E-state index is 12.8. The van der Waals surface area contributed by atoms with E-state index in [2.05, 4.69) is 0 Å². The van der Waals surface area contributed by atoms with Crippen LogP contribution < -0.4 is 5.73 Å². The molecule has 20 heavy (non-hydrogen) atoms. The fourth-order valence-corrected chi connectivity index (χ4v) is 4.41. The zero-order valence-corrected chi connectivity index (χ0v) is 12.6. The SMILES string of the molecule is Cc1cc(CN)ccc1S(=O)(=O)N(CCO)C1CCC1. The molecule has 2 rings (SSSR count). The number of nitrogens with zero attached hydrogens (tertiary/aromatic N) is 1. The Bertz CT molecular complexity index is 568. The van der Waals surface area contributed by atoms with Crippen molar-refractivity contribution in [3.63, 3.8) is 0 Å². The molecule has 0 atom stereocenters. The number of aliphatic hydroxyl groups is 1. The molecule has 0 bridgehead atoms. The van der Waals surface area contributed by atoms with Crippen molar-refractivity contribution >= 4 is 10.0 Å². The normalized spacial score (nSPS) is 16.4. The largest absolute Gasteiger partial charge is 0.395 e. The van der Waals surface area contributed by atoms with Gasteiger partial charge in [0.15, 0.2) is 0 Å². The minimum absolute atomic E-state index is 0.0285. The highest BCUT2D eigenvalue weighted by Gasteiger charge is 2.35. The number of aryl methyl sites for hydroxylation is 1. The summed E-state index contributed by atoms with van der Waals surface area (Å²) < 4.78 is 27.0. The van der Waals surface area contributed by atoms with Gasteiger partial charge >= 0.3 is 0 Å². The zero-order chi connectivity index (χ0) is 14.8. The van der Waals surface area contributed by atoms with Crippen molar-refractivity contribution in [2.24, 2.45) is 5.73 Å². The Balaban J connectivity index is 2.36. The van der Waals surface area contributed by atoms with Gasteiger partial charge in [0.2, 0.25) is 10.0 Å². The molecule has 1 aliphatic rings. The number of hydrogen-bond donors (Lipinski definition) is 2. The lowest BCUT2D eigenvalue weighted by atomic mass is 9.93. The Kier molecular flexibility index (Phi) is 4.80. The van der Waals surface area contributed by atoms with Crippen LogP contribution in [0.2, 0.25) is 0 Å². The maximum Gasteiger partial charge on any atom is 0.243 e. The summed E-state index contributed by atoms with van der Waals surface area (Å²) in [6.07, 6.45) is 2.80. The number of nitrogens with two attached hydrogens (primary N) is 1. The molecule has 0 radical (unpaired) electrons. The molecule has 1 aliphatic carbocycles. The third-order valence-electron chi connectivity index (χ3n) is 3.86. The van der Waals surface area contributed by atoms with Gasteiger partial charge in [-0.1, -0.05) is 18.6 Å². The topological polar surface area (TPSA) is 83.6 Å². The summed E-state index contributed by atoms with van der Waals surface area (Å²) in [5, 5.41) is 9.14. The first-order valence-corrected chi connectivity index (χ1v) is 8.37. The van der Waals surface area contributed by atoms with Gasteiger partial charge in [-0.25, -0.2) is 8.42 Å². The Morgan fingerprint density at radius 1 is 1.40 bits per heavy atom. The number of benzene rings is 1. The van der Waals surface area contributed by atoms with Crippen LogP contribution in [0.4, 0.5) is 0 Å². The fourth-order valence-electron chi connectivity index (χ4n) is 2.53. The van der Waals surface area contributed by atoms with Crippen LogP contribution in [-0.2, 0) is 16.6 Å². The van der Waals surface area contributed by atoms with Gasteiger partial charge in [0.05, 0.1) is 11.5 Å². The Morgan fingerprint density at radius 2 is 2.10 bits per heavy atom. The number of aliphatic hydroxyl groups excluding tert-OH is 1. The second-order valence-electron chi connectivity index (χ2n) is 5.23. The lowest BCUT2D eigenvalue weighted by Crippen LogP contribution is -2.45. The first-order chi connectivity index (χ1) is 9.50. The number of rotatable bonds is 6. The molecule has 1 fully saturated rings. The highest BCUT2D eigenvalue weighted by molar-refractivity contribution is 7.89. The predicted octanol–water partition coefficient (Wildman–Crippen LogP) is 0.989. The summed E-state index contributed by atoms with van der Waals surface area (Å²) in [6, 6.07) is 5.21. The first kappa shape index (κ1) is 15.4. The van der Waals surface area contributed by atoms with Gasteiger partial charge in [-0.15, -0.1) is 0 Å². The third kappa shape index (κ3) is 2.88. The average Bonchev–Trinajstić information content (AvgIpc) is 2.35. The number of hydrogen-bond acceptors (Lipinski definition) is 4. The molecule has 0 amide bonds. The van der Waals surface area contributed by atoms with E-state index in [9.17, 15) is 8.42 Å². The van der Waals surface area contributed by atoms with Crippen LogP contribution in [0, 0.1) is 6.92 Å².